The van der Waals surface area contributed by atoms with Gasteiger partial charge in [0.05, 0.1) is 0 Å². The molecule has 1 aliphatic rings. The number of likely N-dealkylation sites (tertiary alicyclic amines) is 1. The second-order valence-electron chi connectivity index (χ2n) is 4.77. The minimum atomic E-state index is -0.969. The first-order valence-electron chi connectivity index (χ1n) is 6.11. The molecule has 1 aromatic heterocycles. The molecule has 0 aromatic carbocycles. The Morgan fingerprint density at radius 2 is 2.11 bits per heavy atom. The van der Waals surface area contributed by atoms with Crippen molar-refractivity contribution in [1.29, 1.82) is 0 Å². The highest BCUT2D eigenvalue weighted by Crippen LogP contribution is 2.17. The van der Waals surface area contributed by atoms with Gasteiger partial charge in [-0.25, -0.2) is 0 Å². The van der Waals surface area contributed by atoms with Crippen LogP contribution in [-0.2, 0) is 11.3 Å². The topological polar surface area (TPSA) is 75.4 Å². The fraction of sp³-hybridized carbons (Fsp3) is 0.583. The van der Waals surface area contributed by atoms with Crippen LogP contribution < -0.4 is 0 Å². The molecule has 0 saturated carbocycles. The summed E-state index contributed by atoms with van der Waals surface area (Å²) in [6.07, 6.45) is 3.55. The standard InChI is InChI=1S/C12H17N3O3/c1-9-2-5-14(6-3-9)12(18)10-4-7-15(13-10)8-11(16)17/h4,7,9H,2-3,5-6,8H2,1H3,(H,16,17). The van der Waals surface area contributed by atoms with E-state index in [2.05, 4.69) is 12.0 Å². The van der Waals surface area contributed by atoms with Crippen LogP contribution in [0.2, 0.25) is 0 Å². The maximum atomic E-state index is 12.1. The number of carboxylic acids is 1. The fourth-order valence-corrected chi connectivity index (χ4v) is 2.08. The highest BCUT2D eigenvalue weighted by Gasteiger charge is 2.23. The first-order chi connectivity index (χ1) is 8.56. The second-order valence-corrected chi connectivity index (χ2v) is 4.77. The van der Waals surface area contributed by atoms with E-state index in [4.69, 9.17) is 5.11 Å². The maximum Gasteiger partial charge on any atom is 0.325 e. The van der Waals surface area contributed by atoms with Crippen molar-refractivity contribution in [1.82, 2.24) is 14.7 Å². The molecule has 6 heteroatoms. The van der Waals surface area contributed by atoms with Gasteiger partial charge in [-0.1, -0.05) is 6.92 Å². The second kappa shape index (κ2) is 5.20. The van der Waals surface area contributed by atoms with Gasteiger partial charge in [0.25, 0.3) is 5.91 Å². The van der Waals surface area contributed by atoms with Gasteiger partial charge in [0, 0.05) is 19.3 Å². The van der Waals surface area contributed by atoms with Crippen molar-refractivity contribution in [2.24, 2.45) is 5.92 Å². The van der Waals surface area contributed by atoms with Crippen LogP contribution in [0, 0.1) is 5.92 Å². The molecule has 0 atom stereocenters. The molecule has 0 bridgehead atoms. The number of nitrogens with zero attached hydrogens (tertiary/aromatic N) is 3. The molecule has 1 saturated heterocycles. The zero-order valence-corrected chi connectivity index (χ0v) is 10.4. The molecule has 1 N–H and O–H groups in total. The molecular formula is C12H17N3O3. The molecule has 2 heterocycles. The summed E-state index contributed by atoms with van der Waals surface area (Å²) in [5, 5.41) is 12.6. The van der Waals surface area contributed by atoms with Gasteiger partial charge in [-0.05, 0) is 24.8 Å². The number of hydrogen-bond acceptors (Lipinski definition) is 3. The van der Waals surface area contributed by atoms with E-state index < -0.39 is 5.97 Å². The number of amides is 1. The normalized spacial score (nSPS) is 16.8. The van der Waals surface area contributed by atoms with Gasteiger partial charge < -0.3 is 10.0 Å². The third-order valence-corrected chi connectivity index (χ3v) is 3.23. The van der Waals surface area contributed by atoms with Gasteiger partial charge in [0.15, 0.2) is 0 Å². The number of carboxylic acid groups (broad SMARTS) is 1. The van der Waals surface area contributed by atoms with Crippen molar-refractivity contribution in [3.8, 4) is 0 Å². The molecule has 1 amide bonds. The molecular weight excluding hydrogens is 234 g/mol. The molecule has 0 spiro atoms. The number of carbonyl (C=O) groups excluding carboxylic acids is 1. The van der Waals surface area contributed by atoms with E-state index in [1.54, 1.807) is 11.0 Å². The third kappa shape index (κ3) is 2.88. The largest absolute Gasteiger partial charge is 0.480 e. The molecule has 0 unspecified atom stereocenters. The number of rotatable bonds is 3. The fourth-order valence-electron chi connectivity index (χ4n) is 2.08. The molecule has 2 rings (SSSR count). The summed E-state index contributed by atoms with van der Waals surface area (Å²) in [7, 11) is 0. The average Bonchev–Trinajstić information content (AvgIpc) is 2.76. The molecule has 1 aromatic rings. The summed E-state index contributed by atoms with van der Waals surface area (Å²) >= 11 is 0. The van der Waals surface area contributed by atoms with E-state index >= 15 is 0 Å². The lowest BCUT2D eigenvalue weighted by molar-refractivity contribution is -0.137. The van der Waals surface area contributed by atoms with Gasteiger partial charge in [0.1, 0.15) is 12.2 Å². The summed E-state index contributed by atoms with van der Waals surface area (Å²) in [6.45, 7) is 3.48. The Morgan fingerprint density at radius 3 is 2.72 bits per heavy atom. The predicted molar refractivity (Wildman–Crippen MR) is 64.2 cm³/mol. The van der Waals surface area contributed by atoms with Crippen molar-refractivity contribution in [2.75, 3.05) is 13.1 Å². The van der Waals surface area contributed by atoms with E-state index in [9.17, 15) is 9.59 Å². The molecule has 0 radical (unpaired) electrons. The number of carbonyl (C=O) groups is 2. The summed E-state index contributed by atoms with van der Waals surface area (Å²) < 4.78 is 1.27. The van der Waals surface area contributed by atoms with Gasteiger partial charge in [-0.15, -0.1) is 0 Å². The lowest BCUT2D eigenvalue weighted by atomic mass is 9.99. The van der Waals surface area contributed by atoms with E-state index in [0.29, 0.717) is 11.6 Å². The number of piperidine rings is 1. The maximum absolute atomic E-state index is 12.1. The molecule has 18 heavy (non-hydrogen) atoms. The summed E-state index contributed by atoms with van der Waals surface area (Å²) in [5.41, 5.74) is 0.325. The average molecular weight is 251 g/mol. The lowest BCUT2D eigenvalue weighted by Crippen LogP contribution is -2.38. The minimum Gasteiger partial charge on any atom is -0.480 e. The van der Waals surface area contributed by atoms with Crippen LogP contribution in [0.3, 0.4) is 0 Å². The Balaban J connectivity index is 2.00. The quantitative estimate of drug-likeness (QED) is 0.863. The zero-order valence-electron chi connectivity index (χ0n) is 10.4. The molecule has 6 nitrogen and oxygen atoms in total. The van der Waals surface area contributed by atoms with Crippen LogP contribution in [0.25, 0.3) is 0 Å². The Morgan fingerprint density at radius 1 is 1.44 bits per heavy atom. The SMILES string of the molecule is CC1CCN(C(=O)c2ccn(CC(=O)O)n2)CC1. The number of hydrogen-bond donors (Lipinski definition) is 1. The van der Waals surface area contributed by atoms with Crippen LogP contribution in [0.1, 0.15) is 30.3 Å². The molecule has 1 fully saturated rings. The zero-order chi connectivity index (χ0) is 13.1. The van der Waals surface area contributed by atoms with E-state index in [0.717, 1.165) is 25.9 Å². The van der Waals surface area contributed by atoms with E-state index in [1.807, 2.05) is 0 Å². The van der Waals surface area contributed by atoms with Crippen LogP contribution in [0.15, 0.2) is 12.3 Å². The third-order valence-electron chi connectivity index (χ3n) is 3.23. The van der Waals surface area contributed by atoms with Crippen LogP contribution in [-0.4, -0.2) is 44.8 Å². The Labute approximate surface area is 105 Å². The van der Waals surface area contributed by atoms with Crippen LogP contribution >= 0.6 is 0 Å². The summed E-state index contributed by atoms with van der Waals surface area (Å²) in [6, 6.07) is 1.57. The Bertz CT molecular complexity index is 447. The molecule has 0 aliphatic carbocycles. The van der Waals surface area contributed by atoms with Crippen molar-refractivity contribution < 1.29 is 14.7 Å². The summed E-state index contributed by atoms with van der Waals surface area (Å²) in [4.78, 5) is 24.4. The highest BCUT2D eigenvalue weighted by atomic mass is 16.4. The minimum absolute atomic E-state index is 0.106. The Hall–Kier alpha value is -1.85. The van der Waals surface area contributed by atoms with Crippen molar-refractivity contribution >= 4 is 11.9 Å². The van der Waals surface area contributed by atoms with Crippen molar-refractivity contribution in [3.05, 3.63) is 18.0 Å². The van der Waals surface area contributed by atoms with E-state index in [1.165, 1.54) is 10.9 Å². The van der Waals surface area contributed by atoms with Crippen LogP contribution in [0.4, 0.5) is 0 Å². The number of aliphatic carboxylic acids is 1. The highest BCUT2D eigenvalue weighted by molar-refractivity contribution is 5.92. The summed E-state index contributed by atoms with van der Waals surface area (Å²) in [5.74, 6) is -0.409. The predicted octanol–water partition coefficient (Wildman–Crippen LogP) is 0.840. The first kappa shape index (κ1) is 12.6. The van der Waals surface area contributed by atoms with Gasteiger partial charge >= 0.3 is 5.97 Å². The van der Waals surface area contributed by atoms with Gasteiger partial charge in [-0.2, -0.15) is 5.10 Å². The molecule has 98 valence electrons. The Kier molecular flexibility index (Phi) is 3.64. The first-order valence-corrected chi connectivity index (χ1v) is 6.11. The van der Waals surface area contributed by atoms with Crippen LogP contribution in [0.5, 0.6) is 0 Å². The lowest BCUT2D eigenvalue weighted by Gasteiger charge is -2.29. The number of aromatic nitrogens is 2. The smallest absolute Gasteiger partial charge is 0.325 e. The van der Waals surface area contributed by atoms with E-state index in [-0.39, 0.29) is 12.5 Å². The molecule has 1 aliphatic heterocycles. The van der Waals surface area contributed by atoms with Gasteiger partial charge in [-0.3, -0.25) is 14.3 Å². The van der Waals surface area contributed by atoms with Crippen molar-refractivity contribution in [3.63, 3.8) is 0 Å². The monoisotopic (exact) mass is 251 g/mol. The van der Waals surface area contributed by atoms with Crippen molar-refractivity contribution in [2.45, 2.75) is 26.3 Å². The van der Waals surface area contributed by atoms with Gasteiger partial charge in [0.2, 0.25) is 0 Å².